The Hall–Kier alpha value is -4.13. The summed E-state index contributed by atoms with van der Waals surface area (Å²) in [7, 11) is 0. The summed E-state index contributed by atoms with van der Waals surface area (Å²) >= 11 is 6.00. The molecule has 0 bridgehead atoms. The highest BCUT2D eigenvalue weighted by molar-refractivity contribution is 6.30. The highest BCUT2D eigenvalue weighted by Crippen LogP contribution is 2.48. The molecular formula is C28H30ClF3N6O4. The largest absolute Gasteiger partial charge is 0.480 e. The van der Waals surface area contributed by atoms with Gasteiger partial charge in [-0.1, -0.05) is 49.9 Å². The topological polar surface area (TPSA) is 138 Å². The Bertz CT molecular complexity index is 1390. The molecule has 4 N–H and O–H groups in total. The first-order valence-electron chi connectivity index (χ1n) is 13.4. The molecule has 0 saturated heterocycles. The van der Waals surface area contributed by atoms with Crippen LogP contribution < -0.4 is 20.7 Å². The number of anilines is 3. The Morgan fingerprint density at radius 2 is 1.69 bits per heavy atom. The number of nitrogens with one attached hydrogen (secondary N) is 3. The minimum atomic E-state index is -4.60. The first-order chi connectivity index (χ1) is 20.0. The van der Waals surface area contributed by atoms with Crippen molar-refractivity contribution in [1.29, 1.82) is 0 Å². The predicted octanol–water partition coefficient (Wildman–Crippen LogP) is 6.07. The lowest BCUT2D eigenvalue weighted by molar-refractivity contribution is -0.154. The summed E-state index contributed by atoms with van der Waals surface area (Å²) in [6.07, 6.45) is -0.330. The van der Waals surface area contributed by atoms with E-state index >= 15 is 0 Å². The molecule has 4 rings (SSSR count). The fraction of sp³-hybridized carbons (Fsp3) is 0.393. The van der Waals surface area contributed by atoms with Crippen molar-refractivity contribution in [2.24, 2.45) is 0 Å². The third-order valence-corrected chi connectivity index (χ3v) is 6.83. The molecule has 0 spiro atoms. The number of aliphatic carboxylic acids is 1. The Balaban J connectivity index is 1.49. The second-order valence-electron chi connectivity index (χ2n) is 9.95. The van der Waals surface area contributed by atoms with Crippen molar-refractivity contribution < 1.29 is 32.6 Å². The van der Waals surface area contributed by atoms with E-state index in [0.717, 1.165) is 31.2 Å². The number of hydrogen-bond acceptors (Lipinski definition) is 8. The van der Waals surface area contributed by atoms with Crippen LogP contribution in [0.1, 0.15) is 61.4 Å². The molecule has 2 aromatic carbocycles. The lowest BCUT2D eigenvalue weighted by Gasteiger charge is -2.19. The molecule has 1 atom stereocenters. The molecule has 1 aromatic heterocycles. The van der Waals surface area contributed by atoms with Crippen molar-refractivity contribution in [1.82, 2.24) is 20.3 Å². The zero-order chi connectivity index (χ0) is 30.3. The van der Waals surface area contributed by atoms with Gasteiger partial charge in [-0.15, -0.1) is 0 Å². The number of hydrogen-bond donors (Lipinski definition) is 4. The highest BCUT2D eigenvalue weighted by Gasteiger charge is 2.45. The summed E-state index contributed by atoms with van der Waals surface area (Å²) in [5.74, 6) is -1.73. The van der Waals surface area contributed by atoms with Crippen molar-refractivity contribution in [2.45, 2.75) is 63.2 Å². The van der Waals surface area contributed by atoms with Crippen LogP contribution in [0.25, 0.3) is 0 Å². The molecule has 1 aliphatic rings. The third-order valence-electron chi connectivity index (χ3n) is 6.58. The van der Waals surface area contributed by atoms with Gasteiger partial charge in [-0.3, -0.25) is 4.79 Å². The smallest absolute Gasteiger partial charge is 0.422 e. The SMILES string of the molecule is CCCCC[C@H](NC(=O)c1ccc(Nc2nc(NC3(c4ccc(Cl)cc4)CC3)nc(OCC(F)(F)F)n2)cc1)C(=O)O. The number of amides is 1. The number of unbranched alkanes of at least 4 members (excludes halogenated alkanes) is 2. The maximum atomic E-state index is 12.8. The van der Waals surface area contributed by atoms with Crippen LogP contribution in [-0.2, 0) is 10.3 Å². The molecular weight excluding hydrogens is 577 g/mol. The van der Waals surface area contributed by atoms with Gasteiger partial charge in [0.05, 0.1) is 5.54 Å². The van der Waals surface area contributed by atoms with Gasteiger partial charge in [-0.25, -0.2) is 4.79 Å². The van der Waals surface area contributed by atoms with Crippen LogP contribution in [0.5, 0.6) is 6.01 Å². The van der Waals surface area contributed by atoms with E-state index in [4.69, 9.17) is 16.3 Å². The number of aromatic nitrogens is 3. The van der Waals surface area contributed by atoms with Crippen LogP contribution in [0.3, 0.4) is 0 Å². The summed E-state index contributed by atoms with van der Waals surface area (Å²) in [5.41, 5.74) is 1.06. The number of benzene rings is 2. The number of carboxylic acid groups (broad SMARTS) is 1. The minimum Gasteiger partial charge on any atom is -0.480 e. The van der Waals surface area contributed by atoms with Crippen LogP contribution in [0, 0.1) is 0 Å². The maximum absolute atomic E-state index is 12.8. The Morgan fingerprint density at radius 1 is 1.02 bits per heavy atom. The molecule has 14 heteroatoms. The van der Waals surface area contributed by atoms with E-state index in [9.17, 15) is 27.9 Å². The van der Waals surface area contributed by atoms with E-state index in [1.54, 1.807) is 12.1 Å². The van der Waals surface area contributed by atoms with Crippen LogP contribution in [0.15, 0.2) is 48.5 Å². The van der Waals surface area contributed by atoms with Gasteiger partial charge in [0.25, 0.3) is 5.91 Å². The summed E-state index contributed by atoms with van der Waals surface area (Å²) in [6, 6.07) is 11.7. The number of rotatable bonds is 14. The van der Waals surface area contributed by atoms with Gasteiger partial charge in [-0.2, -0.15) is 28.1 Å². The number of halogens is 4. The van der Waals surface area contributed by atoms with Crippen molar-refractivity contribution in [3.05, 3.63) is 64.7 Å². The van der Waals surface area contributed by atoms with Crippen LogP contribution in [-0.4, -0.2) is 50.8 Å². The molecule has 1 aliphatic carbocycles. The van der Waals surface area contributed by atoms with Gasteiger partial charge in [0.1, 0.15) is 6.04 Å². The summed E-state index contributed by atoms with van der Waals surface area (Å²) < 4.78 is 43.3. The standard InChI is InChI=1S/C28H30ClF3N6O4/c1-2-3-4-5-21(23(40)41)34-22(39)17-6-12-20(13-7-17)33-24-35-25(37-26(36-24)42-16-28(30,31)32)38-27(14-15-27)18-8-10-19(29)11-9-18/h6-13,21H,2-5,14-16H2,1H3,(H,34,39)(H,40,41)(H2,33,35,36,37,38)/t21-/m0/s1. The van der Waals surface area contributed by atoms with Gasteiger partial charge in [0.2, 0.25) is 11.9 Å². The van der Waals surface area contributed by atoms with Crippen molar-refractivity contribution in [3.63, 3.8) is 0 Å². The highest BCUT2D eigenvalue weighted by atomic mass is 35.5. The average Bonchev–Trinajstić information content (AvgIpc) is 3.72. The fourth-order valence-electron chi connectivity index (χ4n) is 4.20. The number of carbonyl (C=O) groups is 2. The van der Waals surface area contributed by atoms with Crippen LogP contribution in [0.4, 0.5) is 30.8 Å². The molecule has 224 valence electrons. The van der Waals surface area contributed by atoms with Gasteiger partial charge in [0, 0.05) is 16.3 Å². The number of ether oxygens (including phenoxy) is 1. The molecule has 3 aromatic rings. The van der Waals surface area contributed by atoms with Gasteiger partial charge in [0.15, 0.2) is 6.61 Å². The lowest BCUT2D eigenvalue weighted by atomic mass is 10.1. The van der Waals surface area contributed by atoms with E-state index in [1.807, 2.05) is 19.1 Å². The van der Waals surface area contributed by atoms with E-state index < -0.39 is 42.3 Å². The normalized spacial score (nSPS) is 14.5. The third kappa shape index (κ3) is 8.68. The molecule has 0 radical (unpaired) electrons. The Kier molecular flexibility index (Phi) is 9.71. The second-order valence-corrected chi connectivity index (χ2v) is 10.4. The summed E-state index contributed by atoms with van der Waals surface area (Å²) in [4.78, 5) is 36.5. The van der Waals surface area contributed by atoms with Crippen LogP contribution in [0.2, 0.25) is 5.02 Å². The monoisotopic (exact) mass is 606 g/mol. The first-order valence-corrected chi connectivity index (χ1v) is 13.7. The quantitative estimate of drug-likeness (QED) is 0.161. The summed E-state index contributed by atoms with van der Waals surface area (Å²) in [5, 5.41) is 18.6. The molecule has 42 heavy (non-hydrogen) atoms. The van der Waals surface area contributed by atoms with Gasteiger partial charge < -0.3 is 25.8 Å². The van der Waals surface area contributed by atoms with Crippen molar-refractivity contribution in [3.8, 4) is 6.01 Å². The van der Waals surface area contributed by atoms with Crippen LogP contribution >= 0.6 is 11.6 Å². The number of carboxylic acids is 1. The van der Waals surface area contributed by atoms with E-state index in [2.05, 4.69) is 30.9 Å². The van der Waals surface area contributed by atoms with E-state index in [-0.39, 0.29) is 17.5 Å². The molecule has 1 amide bonds. The Labute approximate surface area is 245 Å². The summed E-state index contributed by atoms with van der Waals surface area (Å²) in [6.45, 7) is 0.414. The van der Waals surface area contributed by atoms with Gasteiger partial charge in [-0.05, 0) is 61.2 Å². The van der Waals surface area contributed by atoms with Crippen molar-refractivity contribution in [2.75, 3.05) is 17.2 Å². The zero-order valence-electron chi connectivity index (χ0n) is 22.7. The van der Waals surface area contributed by atoms with Gasteiger partial charge >= 0.3 is 18.2 Å². The predicted molar refractivity (Wildman–Crippen MR) is 150 cm³/mol. The lowest BCUT2D eigenvalue weighted by Crippen LogP contribution is -2.40. The minimum absolute atomic E-state index is 0.0101. The first kappa shape index (κ1) is 30.8. The molecule has 0 aliphatic heterocycles. The zero-order valence-corrected chi connectivity index (χ0v) is 23.4. The molecule has 0 unspecified atom stereocenters. The number of nitrogens with zero attached hydrogens (tertiary/aromatic N) is 3. The molecule has 1 saturated carbocycles. The molecule has 1 heterocycles. The maximum Gasteiger partial charge on any atom is 0.422 e. The fourth-order valence-corrected chi connectivity index (χ4v) is 4.33. The van der Waals surface area contributed by atoms with E-state index in [0.29, 0.717) is 23.6 Å². The second kappa shape index (κ2) is 13.2. The average molecular weight is 607 g/mol. The Morgan fingerprint density at radius 3 is 2.29 bits per heavy atom. The van der Waals surface area contributed by atoms with E-state index in [1.165, 1.54) is 24.3 Å². The number of carbonyl (C=O) groups excluding carboxylic acids is 1. The number of alkyl halides is 3. The molecule has 10 nitrogen and oxygen atoms in total. The molecule has 1 fully saturated rings. The van der Waals surface area contributed by atoms with Crippen molar-refractivity contribution >= 4 is 41.1 Å².